The van der Waals surface area contributed by atoms with Gasteiger partial charge in [-0.3, -0.25) is 10.1 Å². The summed E-state index contributed by atoms with van der Waals surface area (Å²) in [5.74, 6) is 0.0740. The number of carbonyl (C=O) groups is 1. The Morgan fingerprint density at radius 1 is 1.05 bits per heavy atom. The number of benzene rings is 2. The number of methoxy groups -OCH3 is 1. The van der Waals surface area contributed by atoms with Crippen molar-refractivity contribution in [2.75, 3.05) is 12.9 Å². The van der Waals surface area contributed by atoms with Crippen molar-refractivity contribution in [3.63, 3.8) is 0 Å². The van der Waals surface area contributed by atoms with Gasteiger partial charge in [-0.15, -0.1) is 0 Å². The fourth-order valence-electron chi connectivity index (χ4n) is 2.21. The highest BCUT2D eigenvalue weighted by Crippen LogP contribution is 2.22. The maximum atomic E-state index is 11.8. The van der Waals surface area contributed by atoms with E-state index in [9.17, 15) is 4.79 Å². The SMILES string of the molecule is COC(=O)[C@@H](CS)NC(c1ccccc1)c1ccccc1. The molecular formula is C17H19NO2S. The van der Waals surface area contributed by atoms with Crippen LogP contribution in [0.5, 0.6) is 0 Å². The Morgan fingerprint density at radius 2 is 1.52 bits per heavy atom. The molecule has 0 unspecified atom stereocenters. The second-order valence-corrected chi connectivity index (χ2v) is 5.04. The maximum Gasteiger partial charge on any atom is 0.323 e. The van der Waals surface area contributed by atoms with Crippen LogP contribution in [0.25, 0.3) is 0 Å². The van der Waals surface area contributed by atoms with E-state index in [2.05, 4.69) is 17.9 Å². The number of hydrogen-bond donors (Lipinski definition) is 2. The second kappa shape index (κ2) is 7.86. The monoisotopic (exact) mass is 301 g/mol. The zero-order chi connectivity index (χ0) is 15.1. The van der Waals surface area contributed by atoms with E-state index >= 15 is 0 Å². The summed E-state index contributed by atoms with van der Waals surface area (Å²) in [6.45, 7) is 0. The smallest absolute Gasteiger partial charge is 0.323 e. The van der Waals surface area contributed by atoms with E-state index < -0.39 is 6.04 Å². The molecule has 2 aromatic rings. The fraction of sp³-hybridized carbons (Fsp3) is 0.235. The zero-order valence-electron chi connectivity index (χ0n) is 11.9. The van der Waals surface area contributed by atoms with Crippen molar-refractivity contribution in [3.8, 4) is 0 Å². The van der Waals surface area contributed by atoms with Crippen molar-refractivity contribution in [3.05, 3.63) is 71.8 Å². The van der Waals surface area contributed by atoms with Crippen molar-refractivity contribution in [2.24, 2.45) is 0 Å². The van der Waals surface area contributed by atoms with E-state index in [1.54, 1.807) is 0 Å². The molecule has 0 aliphatic heterocycles. The predicted molar refractivity (Wildman–Crippen MR) is 87.5 cm³/mol. The van der Waals surface area contributed by atoms with E-state index in [1.807, 2.05) is 60.7 Å². The summed E-state index contributed by atoms with van der Waals surface area (Å²) >= 11 is 4.25. The van der Waals surface area contributed by atoms with Crippen LogP contribution in [-0.4, -0.2) is 24.9 Å². The van der Waals surface area contributed by atoms with Crippen molar-refractivity contribution >= 4 is 18.6 Å². The number of ether oxygens (including phenoxy) is 1. The molecule has 0 radical (unpaired) electrons. The molecular weight excluding hydrogens is 282 g/mol. The summed E-state index contributed by atoms with van der Waals surface area (Å²) in [6.07, 6.45) is 0. The Bertz CT molecular complexity index is 520. The summed E-state index contributed by atoms with van der Waals surface area (Å²) in [5, 5.41) is 3.34. The summed E-state index contributed by atoms with van der Waals surface area (Å²) in [6, 6.07) is 19.5. The second-order valence-electron chi connectivity index (χ2n) is 4.68. The molecule has 0 bridgehead atoms. The molecule has 0 saturated heterocycles. The molecule has 110 valence electrons. The quantitative estimate of drug-likeness (QED) is 0.636. The number of carbonyl (C=O) groups excluding carboxylic acids is 1. The fourth-order valence-corrected chi connectivity index (χ4v) is 2.47. The van der Waals surface area contributed by atoms with Crippen molar-refractivity contribution < 1.29 is 9.53 Å². The first-order chi connectivity index (χ1) is 10.3. The third-order valence-electron chi connectivity index (χ3n) is 3.30. The summed E-state index contributed by atoms with van der Waals surface area (Å²) in [7, 11) is 1.39. The molecule has 1 N–H and O–H groups in total. The lowest BCUT2D eigenvalue weighted by atomic mass is 9.98. The van der Waals surface area contributed by atoms with Crippen molar-refractivity contribution in [1.29, 1.82) is 0 Å². The van der Waals surface area contributed by atoms with Gasteiger partial charge in [0, 0.05) is 5.75 Å². The molecule has 0 amide bonds. The molecule has 0 spiro atoms. The number of hydrogen-bond acceptors (Lipinski definition) is 4. The van der Waals surface area contributed by atoms with Gasteiger partial charge < -0.3 is 4.74 Å². The molecule has 2 aromatic carbocycles. The highest BCUT2D eigenvalue weighted by Gasteiger charge is 2.23. The lowest BCUT2D eigenvalue weighted by Gasteiger charge is -2.24. The normalized spacial score (nSPS) is 12.1. The molecule has 0 aliphatic carbocycles. The Kier molecular flexibility index (Phi) is 5.84. The van der Waals surface area contributed by atoms with E-state index in [1.165, 1.54) is 7.11 Å². The van der Waals surface area contributed by atoms with Crippen LogP contribution in [0.2, 0.25) is 0 Å². The molecule has 0 aliphatic rings. The van der Waals surface area contributed by atoms with Crippen LogP contribution in [0.3, 0.4) is 0 Å². The number of rotatable bonds is 6. The minimum atomic E-state index is -0.455. The van der Waals surface area contributed by atoms with Gasteiger partial charge in [-0.05, 0) is 11.1 Å². The van der Waals surface area contributed by atoms with E-state index in [4.69, 9.17) is 4.74 Å². The van der Waals surface area contributed by atoms with Crippen LogP contribution >= 0.6 is 12.6 Å². The van der Waals surface area contributed by atoms with Crippen LogP contribution in [0, 0.1) is 0 Å². The standard InChI is InChI=1S/C17H19NO2S/c1-20-17(19)15(12-21)18-16(13-8-4-2-5-9-13)14-10-6-3-7-11-14/h2-11,15-16,18,21H,12H2,1H3/t15-/m1/s1. The van der Waals surface area contributed by atoms with Crippen LogP contribution in [0.15, 0.2) is 60.7 Å². The van der Waals surface area contributed by atoms with Crippen LogP contribution in [0.1, 0.15) is 17.2 Å². The largest absolute Gasteiger partial charge is 0.468 e. The molecule has 21 heavy (non-hydrogen) atoms. The molecule has 1 atom stereocenters. The average Bonchev–Trinajstić information content (AvgIpc) is 2.57. The minimum Gasteiger partial charge on any atom is -0.468 e. The zero-order valence-corrected chi connectivity index (χ0v) is 12.8. The average molecular weight is 301 g/mol. The summed E-state index contributed by atoms with van der Waals surface area (Å²) in [5.41, 5.74) is 2.19. The number of thiol groups is 1. The van der Waals surface area contributed by atoms with Gasteiger partial charge in [-0.2, -0.15) is 12.6 Å². The third-order valence-corrected chi connectivity index (χ3v) is 3.67. The van der Waals surface area contributed by atoms with Crippen LogP contribution in [-0.2, 0) is 9.53 Å². The van der Waals surface area contributed by atoms with Gasteiger partial charge in [-0.25, -0.2) is 0 Å². The van der Waals surface area contributed by atoms with Gasteiger partial charge in [0.1, 0.15) is 6.04 Å². The molecule has 2 rings (SSSR count). The first kappa shape index (κ1) is 15.6. The molecule has 0 fully saturated rings. The lowest BCUT2D eigenvalue weighted by molar-refractivity contribution is -0.142. The van der Waals surface area contributed by atoms with Gasteiger partial charge in [0.25, 0.3) is 0 Å². The highest BCUT2D eigenvalue weighted by molar-refractivity contribution is 7.80. The Morgan fingerprint density at radius 3 is 1.90 bits per heavy atom. The van der Waals surface area contributed by atoms with Gasteiger partial charge in [-0.1, -0.05) is 60.7 Å². The van der Waals surface area contributed by atoms with E-state index in [0.29, 0.717) is 5.75 Å². The first-order valence-electron chi connectivity index (χ1n) is 6.81. The maximum absolute atomic E-state index is 11.8. The molecule has 0 heterocycles. The summed E-state index contributed by atoms with van der Waals surface area (Å²) in [4.78, 5) is 11.8. The van der Waals surface area contributed by atoms with Gasteiger partial charge in [0.2, 0.25) is 0 Å². The topological polar surface area (TPSA) is 38.3 Å². The van der Waals surface area contributed by atoms with Crippen molar-refractivity contribution in [2.45, 2.75) is 12.1 Å². The van der Waals surface area contributed by atoms with E-state index in [0.717, 1.165) is 11.1 Å². The third kappa shape index (κ3) is 4.09. The first-order valence-corrected chi connectivity index (χ1v) is 7.44. The van der Waals surface area contributed by atoms with Crippen molar-refractivity contribution in [1.82, 2.24) is 5.32 Å². The Hall–Kier alpha value is -1.78. The predicted octanol–water partition coefficient (Wildman–Crippen LogP) is 2.84. The minimum absolute atomic E-state index is 0.0800. The van der Waals surface area contributed by atoms with Crippen LogP contribution < -0.4 is 5.32 Å². The summed E-state index contributed by atoms with van der Waals surface area (Å²) < 4.78 is 4.83. The van der Waals surface area contributed by atoms with Gasteiger partial charge in [0.05, 0.1) is 13.2 Å². The van der Waals surface area contributed by atoms with E-state index in [-0.39, 0.29) is 12.0 Å². The molecule has 4 heteroatoms. The Balaban J connectivity index is 2.31. The molecule has 0 saturated carbocycles. The highest BCUT2D eigenvalue weighted by atomic mass is 32.1. The van der Waals surface area contributed by atoms with Crippen LogP contribution in [0.4, 0.5) is 0 Å². The number of nitrogens with one attached hydrogen (secondary N) is 1. The number of esters is 1. The Labute approximate surface area is 130 Å². The van der Waals surface area contributed by atoms with Gasteiger partial charge >= 0.3 is 5.97 Å². The van der Waals surface area contributed by atoms with Gasteiger partial charge in [0.15, 0.2) is 0 Å². The molecule has 3 nitrogen and oxygen atoms in total. The molecule has 0 aromatic heterocycles. The lowest BCUT2D eigenvalue weighted by Crippen LogP contribution is -2.41.